The van der Waals surface area contributed by atoms with E-state index in [-0.39, 0.29) is 123 Å². The van der Waals surface area contributed by atoms with Crippen LogP contribution in [0.25, 0.3) is 21.5 Å². The molecule has 0 fully saturated rings. The number of fused-ring (bicyclic) bond motifs is 3. The number of Topliss-reactive ketones (excluding diaryl/α,β-unsaturated/α-hetero) is 9. The van der Waals surface area contributed by atoms with E-state index >= 15 is 0 Å². The molecule has 0 aliphatic heterocycles. The molecular weight excluding hydrogens is 1750 g/mol. The molecular formula is C114H147Cl2F2N9O9. The Kier molecular flexibility index (Phi) is 54.8. The fourth-order valence-electron chi connectivity index (χ4n) is 15.5. The second kappa shape index (κ2) is 63.5. The molecule has 1 aliphatic carbocycles. The van der Waals surface area contributed by atoms with Crippen molar-refractivity contribution in [1.82, 2.24) is 47.9 Å². The highest BCUT2D eigenvalue weighted by Crippen LogP contribution is 2.30. The van der Waals surface area contributed by atoms with Gasteiger partial charge in [0, 0.05) is 10.0 Å². The second-order valence-corrected chi connectivity index (χ2v) is 36.0. The van der Waals surface area contributed by atoms with Crippen molar-refractivity contribution in [2.75, 3.05) is 63.4 Å². The van der Waals surface area contributed by atoms with E-state index < -0.39 is 0 Å². The summed E-state index contributed by atoms with van der Waals surface area (Å²) in [5.41, 5.74) is 12.9. The zero-order valence-corrected chi connectivity index (χ0v) is 85.1. The van der Waals surface area contributed by atoms with E-state index in [1.807, 2.05) is 132 Å². The quantitative estimate of drug-likeness (QED) is 0.0177. The molecule has 0 saturated heterocycles. The van der Waals surface area contributed by atoms with Crippen LogP contribution in [0.2, 0.25) is 10.0 Å². The van der Waals surface area contributed by atoms with Gasteiger partial charge in [-0.3, -0.25) is 43.2 Å². The van der Waals surface area contributed by atoms with E-state index in [4.69, 9.17) is 23.2 Å². The van der Waals surface area contributed by atoms with Gasteiger partial charge >= 0.3 is 0 Å². The Bertz CT molecular complexity index is 5400. The van der Waals surface area contributed by atoms with Gasteiger partial charge in [-0.2, -0.15) is 0 Å². The van der Waals surface area contributed by atoms with Crippen LogP contribution in [-0.2, 0) is 113 Å². The lowest BCUT2D eigenvalue weighted by atomic mass is 9.86. The van der Waals surface area contributed by atoms with Crippen LogP contribution in [-0.4, -0.2) is 170 Å². The summed E-state index contributed by atoms with van der Waals surface area (Å²) in [7, 11) is 16.2. The lowest BCUT2D eigenvalue weighted by molar-refractivity contribution is -0.120. The fourth-order valence-corrected chi connectivity index (χ4v) is 15.9. The number of halogens is 4. The fraction of sp³-hybridized carbons (Fsp3) is 0.377. The molecule has 11 aromatic rings. The maximum absolute atomic E-state index is 13.2. The third-order valence-electron chi connectivity index (χ3n) is 23.8. The molecule has 22 heteroatoms. The Balaban J connectivity index is 0.000000320. The number of carbonyl (C=O) groups is 9. The summed E-state index contributed by atoms with van der Waals surface area (Å²) >= 11 is 11.7. The molecule has 136 heavy (non-hydrogen) atoms. The predicted octanol–water partition coefficient (Wildman–Crippen LogP) is 18.4. The van der Waals surface area contributed by atoms with Gasteiger partial charge in [0.25, 0.3) is 0 Å². The summed E-state index contributed by atoms with van der Waals surface area (Å²) in [6.07, 6.45) is 8.51. The SMILES string of the molecule is CN[C@@H](CCc1ccccc1)C(C)=O.CN[C@@H](Cc1ccc(C(C)(C)C)cc1)C(C)=O.CN[C@@H](Cc1ccc(F)cc1)C(C)=O.CN[C@@H](Cc1ccc2ccccc2c1)C(C)=O.CN[C@@H](Cc1cccc(Cl)c1)C(C)=O.CN[C@@H](Cc1cccc(Cl)c1)C(C)=O.CN[C@@H](Cc1cccc2ccccc12)C(C)=O.CN[C@@H](Cc1ccccc1F)C(C)=O.CN[C@H](C(C)=O)C1Cc2ccccc2C1. The van der Waals surface area contributed by atoms with E-state index in [2.05, 4.69) is 184 Å². The lowest BCUT2D eigenvalue weighted by Crippen LogP contribution is -2.39. The minimum absolute atomic E-state index is 0.00444. The van der Waals surface area contributed by atoms with Gasteiger partial charge in [0.05, 0.1) is 54.4 Å². The number of aryl methyl sites for hydroxylation is 1. The van der Waals surface area contributed by atoms with E-state index in [1.165, 1.54) is 85.6 Å². The highest BCUT2D eigenvalue weighted by atomic mass is 35.5. The van der Waals surface area contributed by atoms with Crippen molar-refractivity contribution in [3.05, 3.63) is 344 Å². The van der Waals surface area contributed by atoms with Gasteiger partial charge in [-0.05, 0) is 333 Å². The third-order valence-corrected chi connectivity index (χ3v) is 24.3. The molecule has 730 valence electrons. The summed E-state index contributed by atoms with van der Waals surface area (Å²) < 4.78 is 25.8. The Morgan fingerprint density at radius 3 is 1.02 bits per heavy atom. The molecule has 1 aliphatic rings. The third kappa shape index (κ3) is 43.6. The van der Waals surface area contributed by atoms with Crippen LogP contribution in [0.5, 0.6) is 0 Å². The minimum Gasteiger partial charge on any atom is -0.311 e. The number of hydrogen-bond acceptors (Lipinski definition) is 18. The summed E-state index contributed by atoms with van der Waals surface area (Å²) in [4.78, 5) is 101. The van der Waals surface area contributed by atoms with Gasteiger partial charge in [-0.1, -0.05) is 262 Å². The maximum Gasteiger partial charge on any atom is 0.147 e. The van der Waals surface area contributed by atoms with Crippen molar-refractivity contribution in [3.8, 4) is 0 Å². The van der Waals surface area contributed by atoms with E-state index in [1.54, 1.807) is 114 Å². The largest absolute Gasteiger partial charge is 0.311 e. The second-order valence-electron chi connectivity index (χ2n) is 35.1. The molecule has 0 aromatic heterocycles. The van der Waals surface area contributed by atoms with Crippen molar-refractivity contribution < 1.29 is 51.9 Å². The first kappa shape index (κ1) is 117. The molecule has 0 bridgehead atoms. The Hall–Kier alpha value is -11.0. The summed E-state index contributed by atoms with van der Waals surface area (Å²) in [5, 5.41) is 33.4. The van der Waals surface area contributed by atoms with Crippen molar-refractivity contribution in [1.29, 1.82) is 0 Å². The zero-order valence-electron chi connectivity index (χ0n) is 83.6. The van der Waals surface area contributed by atoms with Gasteiger partial charge in [0.1, 0.15) is 63.7 Å². The van der Waals surface area contributed by atoms with Crippen molar-refractivity contribution in [3.63, 3.8) is 0 Å². The number of ketones is 9. The monoisotopic (exact) mass is 1890 g/mol. The minimum atomic E-state index is -0.299. The molecule has 0 saturated carbocycles. The number of carbonyl (C=O) groups excluding carboxylic acids is 9. The Morgan fingerprint density at radius 1 is 0.301 bits per heavy atom. The number of hydrogen-bond donors (Lipinski definition) is 9. The standard InChI is InChI=1S/2C15H17NO.C15H23NO.C13H17NO.C12H17NO.2C11H14ClNO.2C11H14FNO/c1-11(17)15(16-2)10-13-8-5-7-12-6-3-4-9-14(12)13;1-11(17)15(16-2)10-12-7-8-13-5-3-4-6-14(13)9-12;1-11(17)14(16-5)10-12-6-8-13(9-7-12)15(2,3)4;1-9(15)13(14-2)12-7-10-5-3-4-6-11(10)8-12;1-10(14)12(13-2)9-8-11-6-4-3-5-7-11;2*1-8(14)11(13-2)7-9-4-3-5-10(12)6-9;1-8(14)11(13-2)7-9-3-5-10(12)6-4-9;1-8(14)11(13-2)7-9-5-3-4-6-10(9)12/h2*3-9,15-16H,10H2,1-2H3;6-9,14,16H,10H2,1-5H3;3-6,12-14H,7-8H2,1-2H3;3-7,12-13H,8-9H2,1-2H3;4*3-6,11,13H,7H2,1-2H3/t2*15-;14-;13-;12-;4*11-/m000100000/s1. The van der Waals surface area contributed by atoms with Crippen LogP contribution in [0.4, 0.5) is 8.78 Å². The zero-order chi connectivity index (χ0) is 101. The highest BCUT2D eigenvalue weighted by molar-refractivity contribution is 6.31. The molecule has 0 unspecified atom stereocenters. The van der Waals surface area contributed by atoms with Crippen molar-refractivity contribution in [2.24, 2.45) is 5.92 Å². The van der Waals surface area contributed by atoms with Gasteiger partial charge in [-0.15, -0.1) is 0 Å². The van der Waals surface area contributed by atoms with Crippen LogP contribution in [0, 0.1) is 17.6 Å². The topological polar surface area (TPSA) is 262 Å². The average molecular weight is 1900 g/mol. The molecule has 9 N–H and O–H groups in total. The van der Waals surface area contributed by atoms with Crippen LogP contribution in [0.15, 0.2) is 261 Å². The molecule has 0 spiro atoms. The number of nitrogens with one attached hydrogen (secondary N) is 9. The molecule has 9 atom stereocenters. The summed E-state index contributed by atoms with van der Waals surface area (Å²) in [5.74, 6) is 1.34. The molecule has 0 amide bonds. The highest BCUT2D eigenvalue weighted by Gasteiger charge is 2.30. The number of likely N-dealkylation sites (N-methyl/N-ethyl adjacent to an activating group) is 9. The van der Waals surface area contributed by atoms with Gasteiger partial charge in [-0.25, -0.2) is 8.78 Å². The molecule has 0 radical (unpaired) electrons. The number of benzene rings is 11. The van der Waals surface area contributed by atoms with Crippen molar-refractivity contribution in [2.45, 2.75) is 214 Å². The van der Waals surface area contributed by atoms with Gasteiger partial charge < -0.3 is 47.9 Å². The predicted molar refractivity (Wildman–Crippen MR) is 559 cm³/mol. The van der Waals surface area contributed by atoms with Crippen LogP contribution >= 0.6 is 23.2 Å². The van der Waals surface area contributed by atoms with E-state index in [9.17, 15) is 51.9 Å². The summed E-state index contributed by atoms with van der Waals surface area (Å²) in [6, 6.07) is 83.3. The average Bonchev–Trinajstić information content (AvgIpc) is 1.35. The molecule has 18 nitrogen and oxygen atoms in total. The van der Waals surface area contributed by atoms with Crippen LogP contribution in [0.3, 0.4) is 0 Å². The lowest BCUT2D eigenvalue weighted by Gasteiger charge is -2.19. The first-order valence-electron chi connectivity index (χ1n) is 46.5. The maximum atomic E-state index is 13.2. The molecule has 11 aromatic carbocycles. The Morgan fingerprint density at radius 2 is 0.625 bits per heavy atom. The van der Waals surface area contributed by atoms with Gasteiger partial charge in [0.15, 0.2) is 0 Å². The van der Waals surface area contributed by atoms with Gasteiger partial charge in [0.2, 0.25) is 0 Å². The van der Waals surface area contributed by atoms with Crippen LogP contribution < -0.4 is 47.9 Å². The van der Waals surface area contributed by atoms with Crippen LogP contribution in [0.1, 0.15) is 151 Å². The number of rotatable bonds is 36. The first-order chi connectivity index (χ1) is 64.8. The Labute approximate surface area is 818 Å². The smallest absolute Gasteiger partial charge is 0.147 e. The normalized spacial score (nSPS) is 13.2. The molecule has 12 rings (SSSR count). The van der Waals surface area contributed by atoms with Crippen molar-refractivity contribution >= 4 is 96.8 Å². The first-order valence-corrected chi connectivity index (χ1v) is 47.2. The summed E-state index contributed by atoms with van der Waals surface area (Å²) in [6.45, 7) is 21.0. The van der Waals surface area contributed by atoms with E-state index in [0.717, 1.165) is 61.6 Å². The molecule has 0 heterocycles. The van der Waals surface area contributed by atoms with E-state index in [0.29, 0.717) is 47.2 Å².